The third-order valence-corrected chi connectivity index (χ3v) is 3.48. The zero-order chi connectivity index (χ0) is 15.1. The number of rotatable bonds is 8. The van der Waals surface area contributed by atoms with Gasteiger partial charge in [-0.1, -0.05) is 50.3 Å². The normalized spacial score (nSPS) is 10.8. The van der Waals surface area contributed by atoms with Crippen molar-refractivity contribution in [3.05, 3.63) is 54.1 Å². The fourth-order valence-electron chi connectivity index (χ4n) is 2.35. The Bertz CT molecular complexity index is 604. The van der Waals surface area contributed by atoms with Crippen LogP contribution in [0.25, 0.3) is 10.8 Å². The first-order valence-electron chi connectivity index (χ1n) is 7.71. The summed E-state index contributed by atoms with van der Waals surface area (Å²) in [7, 11) is 0. The summed E-state index contributed by atoms with van der Waals surface area (Å²) < 4.78 is 5.92. The maximum absolute atomic E-state index is 5.92. The summed E-state index contributed by atoms with van der Waals surface area (Å²) in [5, 5.41) is 6.04. The lowest BCUT2D eigenvalue weighted by Gasteiger charge is -2.15. The molecule has 2 aromatic carbocycles. The lowest BCUT2D eigenvalue weighted by molar-refractivity contribution is 0.348. The molecule has 2 rings (SSSR count). The smallest absolute Gasteiger partial charge is 0.124 e. The fraction of sp³-hybridized carbons (Fsp3) is 0.368. The first-order valence-corrected chi connectivity index (χ1v) is 7.71. The van der Waals surface area contributed by atoms with Crippen molar-refractivity contribution in [2.45, 2.75) is 33.2 Å². The van der Waals surface area contributed by atoms with Gasteiger partial charge in [-0.3, -0.25) is 0 Å². The molecule has 2 aromatic rings. The van der Waals surface area contributed by atoms with E-state index in [0.717, 1.165) is 24.4 Å². The van der Waals surface area contributed by atoms with E-state index in [2.05, 4.69) is 55.2 Å². The molecule has 0 aliphatic rings. The predicted octanol–water partition coefficient (Wildman–Crippen LogP) is 4.68. The molecule has 0 aromatic heterocycles. The van der Waals surface area contributed by atoms with Crippen molar-refractivity contribution in [2.75, 3.05) is 13.2 Å². The van der Waals surface area contributed by atoms with Gasteiger partial charge < -0.3 is 10.1 Å². The van der Waals surface area contributed by atoms with Crippen LogP contribution in [0.3, 0.4) is 0 Å². The summed E-state index contributed by atoms with van der Waals surface area (Å²) in [5.74, 6) is 0.959. The van der Waals surface area contributed by atoms with E-state index in [-0.39, 0.29) is 0 Å². The minimum absolute atomic E-state index is 0.570. The number of hydrogen-bond donors (Lipinski definition) is 1. The average molecular weight is 283 g/mol. The van der Waals surface area contributed by atoms with Gasteiger partial charge in [-0.05, 0) is 42.3 Å². The zero-order valence-electron chi connectivity index (χ0n) is 13.1. The van der Waals surface area contributed by atoms with E-state index in [1.54, 1.807) is 0 Å². The highest BCUT2D eigenvalue weighted by Crippen LogP contribution is 2.28. The molecule has 1 N–H and O–H groups in total. The van der Waals surface area contributed by atoms with Crippen LogP contribution in [0.1, 0.15) is 32.3 Å². The van der Waals surface area contributed by atoms with Crippen LogP contribution in [0.15, 0.2) is 48.6 Å². The van der Waals surface area contributed by atoms with Crippen molar-refractivity contribution in [1.82, 2.24) is 5.32 Å². The molecule has 0 fully saturated rings. The molecule has 0 unspecified atom stereocenters. The summed E-state index contributed by atoms with van der Waals surface area (Å²) in [6.45, 7) is 10.6. The fourth-order valence-corrected chi connectivity index (χ4v) is 2.35. The maximum Gasteiger partial charge on any atom is 0.124 e. The number of benzene rings is 2. The second-order valence-corrected chi connectivity index (χ2v) is 5.54. The standard InChI is InChI=1S/C19H25NO/c1-4-5-12-20-13-18-17-9-7-6-8-16(17)10-11-19(18)21-14-15(2)3/h6-11,20H,2,4-5,12-14H2,1,3H3. The van der Waals surface area contributed by atoms with Crippen LogP contribution in [0.5, 0.6) is 5.75 Å². The van der Waals surface area contributed by atoms with E-state index in [9.17, 15) is 0 Å². The van der Waals surface area contributed by atoms with Gasteiger partial charge in [-0.2, -0.15) is 0 Å². The summed E-state index contributed by atoms with van der Waals surface area (Å²) in [6.07, 6.45) is 2.41. The number of nitrogens with one attached hydrogen (secondary N) is 1. The molecular formula is C19H25NO. The van der Waals surface area contributed by atoms with E-state index >= 15 is 0 Å². The van der Waals surface area contributed by atoms with Crippen LogP contribution in [-0.4, -0.2) is 13.2 Å². The molecule has 2 heteroatoms. The van der Waals surface area contributed by atoms with Gasteiger partial charge in [0.05, 0.1) is 0 Å². The van der Waals surface area contributed by atoms with E-state index in [4.69, 9.17) is 4.74 Å². The lowest BCUT2D eigenvalue weighted by Crippen LogP contribution is -2.15. The van der Waals surface area contributed by atoms with Crippen LogP contribution in [0.2, 0.25) is 0 Å². The topological polar surface area (TPSA) is 21.3 Å². The van der Waals surface area contributed by atoms with Gasteiger partial charge in [0.25, 0.3) is 0 Å². The molecule has 21 heavy (non-hydrogen) atoms. The molecule has 0 spiro atoms. The third-order valence-electron chi connectivity index (χ3n) is 3.48. The molecular weight excluding hydrogens is 258 g/mol. The van der Waals surface area contributed by atoms with Crippen molar-refractivity contribution in [3.8, 4) is 5.75 Å². The van der Waals surface area contributed by atoms with Crippen LogP contribution in [0.4, 0.5) is 0 Å². The number of ether oxygens (including phenoxy) is 1. The quantitative estimate of drug-likeness (QED) is 0.561. The monoisotopic (exact) mass is 283 g/mol. The van der Waals surface area contributed by atoms with Gasteiger partial charge in [0.15, 0.2) is 0 Å². The molecule has 0 bridgehead atoms. The molecule has 0 radical (unpaired) electrons. The largest absolute Gasteiger partial charge is 0.489 e. The Morgan fingerprint density at radius 2 is 2.00 bits per heavy atom. The Morgan fingerprint density at radius 1 is 1.19 bits per heavy atom. The van der Waals surface area contributed by atoms with Crippen LogP contribution < -0.4 is 10.1 Å². The van der Waals surface area contributed by atoms with Crippen molar-refractivity contribution in [3.63, 3.8) is 0 Å². The summed E-state index contributed by atoms with van der Waals surface area (Å²) in [4.78, 5) is 0. The highest BCUT2D eigenvalue weighted by atomic mass is 16.5. The minimum atomic E-state index is 0.570. The number of unbranched alkanes of at least 4 members (excludes halogenated alkanes) is 1. The Balaban J connectivity index is 2.25. The highest BCUT2D eigenvalue weighted by Gasteiger charge is 2.08. The molecule has 0 atom stereocenters. The first kappa shape index (κ1) is 15.6. The van der Waals surface area contributed by atoms with E-state index in [1.807, 2.05) is 6.92 Å². The molecule has 0 aliphatic carbocycles. The van der Waals surface area contributed by atoms with Gasteiger partial charge in [-0.25, -0.2) is 0 Å². The third kappa shape index (κ3) is 4.33. The summed E-state index contributed by atoms with van der Waals surface area (Å²) >= 11 is 0. The van der Waals surface area contributed by atoms with Gasteiger partial charge in [-0.15, -0.1) is 0 Å². The van der Waals surface area contributed by atoms with Crippen LogP contribution in [0, 0.1) is 0 Å². The predicted molar refractivity (Wildman–Crippen MR) is 90.9 cm³/mol. The van der Waals surface area contributed by atoms with Gasteiger partial charge in [0, 0.05) is 12.1 Å². The Labute approximate surface area is 127 Å². The van der Waals surface area contributed by atoms with Crippen molar-refractivity contribution < 1.29 is 4.74 Å². The second kappa shape index (κ2) is 7.84. The van der Waals surface area contributed by atoms with Crippen molar-refractivity contribution in [2.24, 2.45) is 0 Å². The molecule has 2 nitrogen and oxygen atoms in total. The molecule has 0 aliphatic heterocycles. The van der Waals surface area contributed by atoms with Crippen molar-refractivity contribution >= 4 is 10.8 Å². The molecule has 0 amide bonds. The SMILES string of the molecule is C=C(C)COc1ccc2ccccc2c1CNCCCC. The number of fused-ring (bicyclic) bond motifs is 1. The first-order chi connectivity index (χ1) is 10.2. The Kier molecular flexibility index (Phi) is 5.82. The Morgan fingerprint density at radius 3 is 2.76 bits per heavy atom. The second-order valence-electron chi connectivity index (χ2n) is 5.54. The van der Waals surface area contributed by atoms with E-state index in [1.165, 1.54) is 29.2 Å². The van der Waals surface area contributed by atoms with E-state index < -0.39 is 0 Å². The van der Waals surface area contributed by atoms with Crippen molar-refractivity contribution in [1.29, 1.82) is 0 Å². The average Bonchev–Trinajstić information content (AvgIpc) is 2.50. The minimum Gasteiger partial charge on any atom is -0.489 e. The molecule has 0 saturated heterocycles. The Hall–Kier alpha value is -1.80. The van der Waals surface area contributed by atoms with E-state index in [0.29, 0.717) is 6.61 Å². The summed E-state index contributed by atoms with van der Waals surface area (Å²) in [5.41, 5.74) is 2.28. The van der Waals surface area contributed by atoms with Gasteiger partial charge >= 0.3 is 0 Å². The van der Waals surface area contributed by atoms with Crippen LogP contribution >= 0.6 is 0 Å². The lowest BCUT2D eigenvalue weighted by atomic mass is 10.0. The van der Waals surface area contributed by atoms with Gasteiger partial charge in [0.2, 0.25) is 0 Å². The molecule has 0 heterocycles. The maximum atomic E-state index is 5.92. The van der Waals surface area contributed by atoms with Gasteiger partial charge in [0.1, 0.15) is 12.4 Å². The number of hydrogen-bond acceptors (Lipinski definition) is 2. The molecule has 112 valence electrons. The van der Waals surface area contributed by atoms with Crippen LogP contribution in [-0.2, 0) is 6.54 Å². The highest BCUT2D eigenvalue weighted by molar-refractivity contribution is 5.87. The summed E-state index contributed by atoms with van der Waals surface area (Å²) in [6, 6.07) is 12.7. The molecule has 0 saturated carbocycles. The zero-order valence-corrected chi connectivity index (χ0v) is 13.1.